The SMILES string of the molecule is CC(CC(=O)O)c1ccc(OC2CCCCC2)cc1. The average molecular weight is 262 g/mol. The molecule has 1 aliphatic rings. The third-order valence-electron chi connectivity index (χ3n) is 3.78. The second kappa shape index (κ2) is 6.60. The third kappa shape index (κ3) is 4.27. The van der Waals surface area contributed by atoms with Crippen molar-refractivity contribution in [3.63, 3.8) is 0 Å². The highest BCUT2D eigenvalue weighted by Gasteiger charge is 2.15. The molecule has 0 aliphatic heterocycles. The Morgan fingerprint density at radius 2 is 1.89 bits per heavy atom. The Morgan fingerprint density at radius 3 is 2.47 bits per heavy atom. The lowest BCUT2D eigenvalue weighted by molar-refractivity contribution is -0.137. The first-order valence-electron chi connectivity index (χ1n) is 7.13. The maximum absolute atomic E-state index is 10.7. The van der Waals surface area contributed by atoms with E-state index in [-0.39, 0.29) is 12.3 Å². The first kappa shape index (κ1) is 13.9. The van der Waals surface area contributed by atoms with Gasteiger partial charge in [0.2, 0.25) is 0 Å². The fourth-order valence-corrected chi connectivity index (χ4v) is 2.63. The van der Waals surface area contributed by atoms with Crippen molar-refractivity contribution in [1.82, 2.24) is 0 Å². The van der Waals surface area contributed by atoms with E-state index < -0.39 is 5.97 Å². The molecule has 0 heterocycles. The largest absolute Gasteiger partial charge is 0.490 e. The van der Waals surface area contributed by atoms with E-state index in [1.807, 2.05) is 31.2 Å². The molecule has 1 fully saturated rings. The number of carbonyl (C=O) groups is 1. The number of ether oxygens (including phenoxy) is 1. The molecule has 0 spiro atoms. The minimum atomic E-state index is -0.755. The fourth-order valence-electron chi connectivity index (χ4n) is 2.63. The minimum Gasteiger partial charge on any atom is -0.490 e. The topological polar surface area (TPSA) is 46.5 Å². The van der Waals surface area contributed by atoms with Gasteiger partial charge >= 0.3 is 5.97 Å². The molecule has 0 saturated heterocycles. The van der Waals surface area contributed by atoms with Crippen LogP contribution >= 0.6 is 0 Å². The van der Waals surface area contributed by atoms with E-state index >= 15 is 0 Å². The Balaban J connectivity index is 1.92. The molecule has 1 aromatic carbocycles. The van der Waals surface area contributed by atoms with Gasteiger partial charge in [-0.15, -0.1) is 0 Å². The van der Waals surface area contributed by atoms with E-state index in [4.69, 9.17) is 9.84 Å². The molecule has 1 aromatic rings. The van der Waals surface area contributed by atoms with E-state index in [9.17, 15) is 4.79 Å². The van der Waals surface area contributed by atoms with Crippen LogP contribution in [0.5, 0.6) is 5.75 Å². The number of hydrogen-bond acceptors (Lipinski definition) is 2. The molecule has 3 nitrogen and oxygen atoms in total. The van der Waals surface area contributed by atoms with Gasteiger partial charge in [0, 0.05) is 0 Å². The van der Waals surface area contributed by atoms with E-state index in [0.29, 0.717) is 6.10 Å². The zero-order valence-electron chi connectivity index (χ0n) is 11.5. The van der Waals surface area contributed by atoms with Crippen molar-refractivity contribution in [2.75, 3.05) is 0 Å². The summed E-state index contributed by atoms with van der Waals surface area (Å²) in [6.45, 7) is 1.94. The van der Waals surface area contributed by atoms with Crippen LogP contribution < -0.4 is 4.74 Å². The van der Waals surface area contributed by atoms with Gasteiger partial charge in [-0.3, -0.25) is 4.79 Å². The number of rotatable bonds is 5. The predicted octanol–water partition coefficient (Wildman–Crippen LogP) is 3.98. The van der Waals surface area contributed by atoms with Crippen molar-refractivity contribution < 1.29 is 14.6 Å². The second-order valence-corrected chi connectivity index (χ2v) is 5.45. The minimum absolute atomic E-state index is 0.0428. The molecular weight excluding hydrogens is 240 g/mol. The summed E-state index contributed by atoms with van der Waals surface area (Å²) in [6.07, 6.45) is 6.68. The molecule has 3 heteroatoms. The Hall–Kier alpha value is -1.51. The quantitative estimate of drug-likeness (QED) is 0.873. The van der Waals surface area contributed by atoms with Crippen molar-refractivity contribution in [2.24, 2.45) is 0 Å². The fraction of sp³-hybridized carbons (Fsp3) is 0.562. The number of carboxylic acid groups (broad SMARTS) is 1. The Bertz CT molecular complexity index is 405. The molecule has 1 unspecified atom stereocenters. The summed E-state index contributed by atoms with van der Waals surface area (Å²) >= 11 is 0. The summed E-state index contributed by atoms with van der Waals surface area (Å²) < 4.78 is 5.95. The van der Waals surface area contributed by atoms with E-state index in [0.717, 1.165) is 24.2 Å². The van der Waals surface area contributed by atoms with E-state index in [2.05, 4.69) is 0 Å². The van der Waals surface area contributed by atoms with Gasteiger partial charge in [-0.1, -0.05) is 25.5 Å². The standard InChI is InChI=1S/C16H22O3/c1-12(11-16(17)18)13-7-9-15(10-8-13)19-14-5-3-2-4-6-14/h7-10,12,14H,2-6,11H2,1H3,(H,17,18). The molecule has 1 N–H and O–H groups in total. The van der Waals surface area contributed by atoms with Crippen LogP contribution in [0.25, 0.3) is 0 Å². The van der Waals surface area contributed by atoms with Gasteiger partial charge in [0.1, 0.15) is 5.75 Å². The second-order valence-electron chi connectivity index (χ2n) is 5.45. The number of carboxylic acids is 1. The lowest BCUT2D eigenvalue weighted by atomic mass is 9.97. The zero-order valence-corrected chi connectivity index (χ0v) is 11.5. The van der Waals surface area contributed by atoms with Gasteiger partial charge in [0.05, 0.1) is 12.5 Å². The zero-order chi connectivity index (χ0) is 13.7. The van der Waals surface area contributed by atoms with Crippen LogP contribution in [-0.2, 0) is 4.79 Å². The molecule has 104 valence electrons. The molecule has 1 aliphatic carbocycles. The van der Waals surface area contributed by atoms with Crippen LogP contribution in [0.2, 0.25) is 0 Å². The van der Waals surface area contributed by atoms with Crippen molar-refractivity contribution in [3.8, 4) is 5.75 Å². The normalized spacial score (nSPS) is 17.9. The van der Waals surface area contributed by atoms with Gasteiger partial charge in [-0.25, -0.2) is 0 Å². The van der Waals surface area contributed by atoms with Crippen LogP contribution in [0.15, 0.2) is 24.3 Å². The molecule has 0 aromatic heterocycles. The van der Waals surface area contributed by atoms with Gasteiger partial charge < -0.3 is 9.84 Å². The van der Waals surface area contributed by atoms with Crippen molar-refractivity contribution >= 4 is 5.97 Å². The summed E-state index contributed by atoms with van der Waals surface area (Å²) in [7, 11) is 0. The van der Waals surface area contributed by atoms with Crippen LogP contribution in [-0.4, -0.2) is 17.2 Å². The Labute approximate surface area is 114 Å². The lowest BCUT2D eigenvalue weighted by Crippen LogP contribution is -2.19. The van der Waals surface area contributed by atoms with Crippen molar-refractivity contribution in [1.29, 1.82) is 0 Å². The molecular formula is C16H22O3. The monoisotopic (exact) mass is 262 g/mol. The maximum atomic E-state index is 10.7. The first-order valence-corrected chi connectivity index (χ1v) is 7.13. The summed E-state index contributed by atoms with van der Waals surface area (Å²) in [5.74, 6) is 0.189. The summed E-state index contributed by atoms with van der Waals surface area (Å²) in [5, 5.41) is 8.79. The van der Waals surface area contributed by atoms with Gasteiger partial charge in [-0.05, 0) is 49.3 Å². The first-order chi connectivity index (χ1) is 9.15. The van der Waals surface area contributed by atoms with Gasteiger partial charge in [-0.2, -0.15) is 0 Å². The predicted molar refractivity (Wildman–Crippen MR) is 74.6 cm³/mol. The van der Waals surface area contributed by atoms with Crippen LogP contribution in [0, 0.1) is 0 Å². The van der Waals surface area contributed by atoms with Gasteiger partial charge in [0.25, 0.3) is 0 Å². The maximum Gasteiger partial charge on any atom is 0.303 e. The van der Waals surface area contributed by atoms with E-state index in [1.54, 1.807) is 0 Å². The molecule has 1 saturated carbocycles. The highest BCUT2D eigenvalue weighted by Crippen LogP contribution is 2.25. The van der Waals surface area contributed by atoms with Crippen molar-refractivity contribution in [2.45, 2.75) is 57.5 Å². The Kier molecular flexibility index (Phi) is 4.83. The summed E-state index contributed by atoms with van der Waals surface area (Å²) in [4.78, 5) is 10.7. The average Bonchev–Trinajstić information content (AvgIpc) is 2.40. The summed E-state index contributed by atoms with van der Waals surface area (Å²) in [6, 6.07) is 7.88. The van der Waals surface area contributed by atoms with E-state index in [1.165, 1.54) is 19.3 Å². The lowest BCUT2D eigenvalue weighted by Gasteiger charge is -2.23. The van der Waals surface area contributed by atoms with Crippen LogP contribution in [0.1, 0.15) is 56.9 Å². The number of benzene rings is 1. The molecule has 1 atom stereocenters. The van der Waals surface area contributed by atoms with Crippen molar-refractivity contribution in [3.05, 3.63) is 29.8 Å². The molecule has 0 radical (unpaired) electrons. The van der Waals surface area contributed by atoms with Crippen LogP contribution in [0.3, 0.4) is 0 Å². The number of hydrogen-bond donors (Lipinski definition) is 1. The van der Waals surface area contributed by atoms with Crippen LogP contribution in [0.4, 0.5) is 0 Å². The molecule has 19 heavy (non-hydrogen) atoms. The number of aliphatic carboxylic acids is 1. The smallest absolute Gasteiger partial charge is 0.303 e. The highest BCUT2D eigenvalue weighted by atomic mass is 16.5. The molecule has 2 rings (SSSR count). The molecule has 0 amide bonds. The highest BCUT2D eigenvalue weighted by molar-refractivity contribution is 5.67. The molecule has 0 bridgehead atoms. The summed E-state index contributed by atoms with van der Waals surface area (Å²) in [5.41, 5.74) is 1.05. The van der Waals surface area contributed by atoms with Gasteiger partial charge in [0.15, 0.2) is 0 Å². The third-order valence-corrected chi connectivity index (χ3v) is 3.78. The Morgan fingerprint density at radius 1 is 1.26 bits per heavy atom.